The second-order valence-electron chi connectivity index (χ2n) is 4.68. The van der Waals surface area contributed by atoms with Crippen LogP contribution in [-0.4, -0.2) is 48.8 Å². The normalized spacial score (nSPS) is 18.3. The first kappa shape index (κ1) is 13.3. The van der Waals surface area contributed by atoms with Crippen LogP contribution in [0.1, 0.15) is 10.4 Å². The maximum atomic E-state index is 12.3. The number of carbonyl (C=O) groups excluding carboxylic acids is 1. The fourth-order valence-corrected chi connectivity index (χ4v) is 4.15. The molecule has 8 heteroatoms. The Morgan fingerprint density at radius 1 is 1.30 bits per heavy atom. The molecule has 6 nitrogen and oxygen atoms in total. The Balaban J connectivity index is 1.85. The predicted octanol–water partition coefficient (Wildman–Crippen LogP) is 0.749. The second-order valence-corrected chi connectivity index (χ2v) is 8.04. The molecule has 1 aromatic carbocycles. The van der Waals surface area contributed by atoms with Gasteiger partial charge in [-0.1, -0.05) is 11.3 Å². The van der Waals surface area contributed by atoms with Crippen molar-refractivity contribution in [3.63, 3.8) is 0 Å². The lowest BCUT2D eigenvalue weighted by molar-refractivity contribution is 0.0770. The standard InChI is InChI=1S/C12H13N3O3S2/c13-12-14-9-2-1-8(7-10(9)19-12)11(16)15-3-5-20(17,18)6-4-15/h1-2,7H,3-6H2,(H2,13,14). The number of thiazole rings is 1. The molecule has 0 radical (unpaired) electrons. The Labute approximate surface area is 120 Å². The van der Waals surface area contributed by atoms with E-state index in [-0.39, 0.29) is 30.5 Å². The van der Waals surface area contributed by atoms with Gasteiger partial charge in [-0.05, 0) is 18.2 Å². The van der Waals surface area contributed by atoms with Crippen LogP contribution in [-0.2, 0) is 9.84 Å². The number of rotatable bonds is 1. The summed E-state index contributed by atoms with van der Waals surface area (Å²) in [5.74, 6) is -0.0723. The highest BCUT2D eigenvalue weighted by atomic mass is 32.2. The number of carbonyl (C=O) groups is 1. The van der Waals surface area contributed by atoms with E-state index in [1.165, 1.54) is 11.3 Å². The fourth-order valence-electron chi connectivity index (χ4n) is 2.17. The minimum absolute atomic E-state index is 0.0362. The van der Waals surface area contributed by atoms with Gasteiger partial charge in [0.15, 0.2) is 15.0 Å². The maximum absolute atomic E-state index is 12.3. The molecule has 1 aliphatic rings. The molecule has 1 amide bonds. The largest absolute Gasteiger partial charge is 0.375 e. The van der Waals surface area contributed by atoms with E-state index in [0.717, 1.165) is 10.2 Å². The summed E-state index contributed by atoms with van der Waals surface area (Å²) < 4.78 is 23.6. The minimum atomic E-state index is -2.98. The summed E-state index contributed by atoms with van der Waals surface area (Å²) in [6, 6.07) is 5.22. The zero-order valence-corrected chi connectivity index (χ0v) is 12.2. The van der Waals surface area contributed by atoms with Crippen molar-refractivity contribution >= 4 is 42.4 Å². The van der Waals surface area contributed by atoms with E-state index in [4.69, 9.17) is 5.73 Å². The SMILES string of the molecule is Nc1nc2ccc(C(=O)N3CCS(=O)(=O)CC3)cc2s1. The van der Waals surface area contributed by atoms with Gasteiger partial charge < -0.3 is 10.6 Å². The van der Waals surface area contributed by atoms with Crippen LogP contribution >= 0.6 is 11.3 Å². The number of aromatic nitrogens is 1. The summed E-state index contributed by atoms with van der Waals surface area (Å²) >= 11 is 1.33. The lowest BCUT2D eigenvalue weighted by Crippen LogP contribution is -2.43. The molecule has 1 aromatic heterocycles. The van der Waals surface area contributed by atoms with Gasteiger partial charge in [-0.25, -0.2) is 13.4 Å². The molecule has 20 heavy (non-hydrogen) atoms. The molecule has 1 saturated heterocycles. The van der Waals surface area contributed by atoms with Crippen LogP contribution in [0.3, 0.4) is 0 Å². The van der Waals surface area contributed by atoms with Gasteiger partial charge in [0.1, 0.15) is 0 Å². The Bertz CT molecular complexity index is 768. The Kier molecular flexibility index (Phi) is 3.14. The van der Waals surface area contributed by atoms with Crippen LogP contribution in [0.4, 0.5) is 5.13 Å². The van der Waals surface area contributed by atoms with E-state index in [9.17, 15) is 13.2 Å². The van der Waals surface area contributed by atoms with Crippen LogP contribution in [0.15, 0.2) is 18.2 Å². The molecule has 1 aliphatic heterocycles. The first-order valence-electron chi connectivity index (χ1n) is 6.10. The molecule has 2 N–H and O–H groups in total. The van der Waals surface area contributed by atoms with Crippen molar-refractivity contribution in [3.05, 3.63) is 23.8 Å². The van der Waals surface area contributed by atoms with Crippen LogP contribution in [0.5, 0.6) is 0 Å². The zero-order valence-electron chi connectivity index (χ0n) is 10.6. The summed E-state index contributed by atoms with van der Waals surface area (Å²) in [6.07, 6.45) is 0. The molecular formula is C12H13N3O3S2. The van der Waals surface area contributed by atoms with Gasteiger partial charge in [0.25, 0.3) is 5.91 Å². The Morgan fingerprint density at radius 3 is 2.70 bits per heavy atom. The summed E-state index contributed by atoms with van der Waals surface area (Å²) in [5.41, 5.74) is 6.95. The zero-order chi connectivity index (χ0) is 14.3. The number of nitrogens with zero attached hydrogens (tertiary/aromatic N) is 2. The second kappa shape index (κ2) is 4.71. The van der Waals surface area contributed by atoms with Gasteiger partial charge in [0, 0.05) is 18.7 Å². The molecule has 106 valence electrons. The average molecular weight is 311 g/mol. The van der Waals surface area contributed by atoms with Gasteiger partial charge in [-0.15, -0.1) is 0 Å². The monoisotopic (exact) mass is 311 g/mol. The summed E-state index contributed by atoms with van der Waals surface area (Å²) in [4.78, 5) is 18.1. The Morgan fingerprint density at radius 2 is 2.00 bits per heavy atom. The van der Waals surface area contributed by atoms with Crippen molar-refractivity contribution in [2.75, 3.05) is 30.3 Å². The van der Waals surface area contributed by atoms with Gasteiger partial charge in [0.05, 0.1) is 21.7 Å². The van der Waals surface area contributed by atoms with Crippen molar-refractivity contribution in [2.45, 2.75) is 0 Å². The van der Waals surface area contributed by atoms with Crippen LogP contribution < -0.4 is 5.73 Å². The molecule has 0 bridgehead atoms. The molecule has 0 atom stereocenters. The fraction of sp³-hybridized carbons (Fsp3) is 0.333. The minimum Gasteiger partial charge on any atom is -0.375 e. The topological polar surface area (TPSA) is 93.4 Å². The number of hydrogen-bond acceptors (Lipinski definition) is 6. The molecule has 0 aliphatic carbocycles. The summed E-state index contributed by atoms with van der Waals surface area (Å²) in [5, 5.41) is 0.466. The third-order valence-corrected chi connectivity index (χ3v) is 5.74. The number of sulfone groups is 1. The Hall–Kier alpha value is -1.67. The quantitative estimate of drug-likeness (QED) is 0.839. The van der Waals surface area contributed by atoms with Gasteiger partial charge in [0.2, 0.25) is 0 Å². The molecule has 3 rings (SSSR count). The molecule has 1 fully saturated rings. The lowest BCUT2D eigenvalue weighted by atomic mass is 10.2. The molecule has 0 saturated carbocycles. The van der Waals surface area contributed by atoms with Crippen molar-refractivity contribution in [3.8, 4) is 0 Å². The van der Waals surface area contributed by atoms with E-state index < -0.39 is 9.84 Å². The van der Waals surface area contributed by atoms with Crippen LogP contribution in [0.25, 0.3) is 10.2 Å². The number of nitrogens with two attached hydrogens (primary N) is 1. The van der Waals surface area contributed by atoms with Crippen molar-refractivity contribution in [1.29, 1.82) is 0 Å². The molecule has 0 unspecified atom stereocenters. The van der Waals surface area contributed by atoms with Gasteiger partial charge in [-0.3, -0.25) is 4.79 Å². The van der Waals surface area contributed by atoms with E-state index in [0.29, 0.717) is 10.7 Å². The highest BCUT2D eigenvalue weighted by Gasteiger charge is 2.25. The van der Waals surface area contributed by atoms with E-state index in [2.05, 4.69) is 4.98 Å². The number of benzene rings is 1. The average Bonchev–Trinajstić information content (AvgIpc) is 2.77. The first-order valence-corrected chi connectivity index (χ1v) is 8.74. The molecular weight excluding hydrogens is 298 g/mol. The summed E-state index contributed by atoms with van der Waals surface area (Å²) in [6.45, 7) is 0.508. The smallest absolute Gasteiger partial charge is 0.253 e. The summed E-state index contributed by atoms with van der Waals surface area (Å²) in [7, 11) is -2.98. The lowest BCUT2D eigenvalue weighted by Gasteiger charge is -2.26. The highest BCUT2D eigenvalue weighted by Crippen LogP contribution is 2.25. The van der Waals surface area contributed by atoms with E-state index in [1.54, 1.807) is 23.1 Å². The molecule has 0 spiro atoms. The number of nitrogen functional groups attached to an aromatic ring is 1. The first-order chi connectivity index (χ1) is 9.44. The number of hydrogen-bond donors (Lipinski definition) is 1. The van der Waals surface area contributed by atoms with Crippen molar-refractivity contribution in [2.24, 2.45) is 0 Å². The van der Waals surface area contributed by atoms with E-state index in [1.807, 2.05) is 0 Å². The molecule has 2 heterocycles. The van der Waals surface area contributed by atoms with E-state index >= 15 is 0 Å². The van der Waals surface area contributed by atoms with Gasteiger partial charge in [-0.2, -0.15) is 0 Å². The third-order valence-electron chi connectivity index (χ3n) is 3.28. The number of anilines is 1. The maximum Gasteiger partial charge on any atom is 0.253 e. The van der Waals surface area contributed by atoms with Crippen LogP contribution in [0, 0.1) is 0 Å². The highest BCUT2D eigenvalue weighted by molar-refractivity contribution is 7.91. The van der Waals surface area contributed by atoms with Crippen molar-refractivity contribution < 1.29 is 13.2 Å². The third kappa shape index (κ3) is 2.48. The number of amides is 1. The number of fused-ring (bicyclic) bond motifs is 1. The van der Waals surface area contributed by atoms with Gasteiger partial charge >= 0.3 is 0 Å². The van der Waals surface area contributed by atoms with Crippen LogP contribution in [0.2, 0.25) is 0 Å². The predicted molar refractivity (Wildman–Crippen MR) is 78.6 cm³/mol. The van der Waals surface area contributed by atoms with Crippen molar-refractivity contribution in [1.82, 2.24) is 9.88 Å². The molecule has 2 aromatic rings.